The molecule has 0 saturated heterocycles. The normalized spacial score (nSPS) is 11.4. The van der Waals surface area contributed by atoms with Crippen molar-refractivity contribution in [3.8, 4) is 6.07 Å². The lowest BCUT2D eigenvalue weighted by Gasteiger charge is -2.13. The highest BCUT2D eigenvalue weighted by molar-refractivity contribution is 5.95. The molecular weight excluding hydrogens is 202 g/mol. The number of nitrogens with zero attached hydrogens (tertiary/aromatic N) is 2. The fraction of sp³-hybridized carbons (Fsp3) is 0.333. The molecule has 0 aliphatic heterocycles. The van der Waals surface area contributed by atoms with E-state index in [1.54, 1.807) is 19.1 Å². The summed E-state index contributed by atoms with van der Waals surface area (Å²) in [7, 11) is 3.82. The molecule has 1 atom stereocenters. The highest BCUT2D eigenvalue weighted by atomic mass is 16.1. The van der Waals surface area contributed by atoms with E-state index in [-0.39, 0.29) is 5.91 Å². The molecule has 16 heavy (non-hydrogen) atoms. The predicted octanol–water partition coefficient (Wildman–Crippen LogP) is 1.39. The van der Waals surface area contributed by atoms with Crippen LogP contribution in [0.5, 0.6) is 0 Å². The Hall–Kier alpha value is -2.02. The van der Waals surface area contributed by atoms with Gasteiger partial charge in [-0.05, 0) is 25.1 Å². The zero-order chi connectivity index (χ0) is 12.1. The van der Waals surface area contributed by atoms with E-state index >= 15 is 0 Å². The Morgan fingerprint density at radius 1 is 1.50 bits per heavy atom. The van der Waals surface area contributed by atoms with Crippen LogP contribution in [0.4, 0.5) is 5.69 Å². The van der Waals surface area contributed by atoms with Gasteiger partial charge in [0.15, 0.2) is 0 Å². The molecule has 0 radical (unpaired) electrons. The fourth-order valence-electron chi connectivity index (χ4n) is 1.24. The Balaban J connectivity index is 2.84. The van der Waals surface area contributed by atoms with E-state index in [4.69, 9.17) is 5.26 Å². The average molecular weight is 217 g/mol. The summed E-state index contributed by atoms with van der Waals surface area (Å²) in [6, 6.07) is 8.75. The number of carbonyl (C=O) groups is 1. The molecule has 0 aliphatic carbocycles. The third kappa shape index (κ3) is 2.99. The molecule has 0 saturated carbocycles. The number of benzene rings is 1. The molecule has 1 aromatic rings. The first-order chi connectivity index (χ1) is 7.54. The Bertz CT molecular complexity index is 421. The minimum absolute atomic E-state index is 0.224. The van der Waals surface area contributed by atoms with Crippen LogP contribution in [0.25, 0.3) is 0 Å². The summed E-state index contributed by atoms with van der Waals surface area (Å²) in [5.41, 5.74) is 1.52. The van der Waals surface area contributed by atoms with Crippen LogP contribution in [0.15, 0.2) is 24.3 Å². The Morgan fingerprint density at radius 3 is 2.75 bits per heavy atom. The average Bonchev–Trinajstić information content (AvgIpc) is 2.28. The zero-order valence-electron chi connectivity index (χ0n) is 9.69. The highest BCUT2D eigenvalue weighted by Crippen LogP contribution is 2.13. The van der Waals surface area contributed by atoms with Crippen molar-refractivity contribution in [2.75, 3.05) is 19.0 Å². The topological polar surface area (TPSA) is 56.1 Å². The molecule has 1 amide bonds. The van der Waals surface area contributed by atoms with Gasteiger partial charge >= 0.3 is 0 Å². The first-order valence-corrected chi connectivity index (χ1v) is 5.02. The molecule has 1 N–H and O–H groups in total. The number of nitriles is 1. The summed E-state index contributed by atoms with van der Waals surface area (Å²) >= 11 is 0. The molecule has 4 heteroatoms. The predicted molar refractivity (Wildman–Crippen MR) is 63.3 cm³/mol. The number of hydrogen-bond donors (Lipinski definition) is 1. The molecule has 0 aliphatic rings. The Kier molecular flexibility index (Phi) is 3.90. The molecule has 0 aromatic heterocycles. The molecule has 0 bridgehead atoms. The minimum Gasteiger partial charge on any atom is -0.378 e. The Labute approximate surface area is 95.5 Å². The van der Waals surface area contributed by atoms with Gasteiger partial charge in [-0.2, -0.15) is 5.26 Å². The van der Waals surface area contributed by atoms with E-state index in [0.717, 1.165) is 5.69 Å². The van der Waals surface area contributed by atoms with E-state index in [9.17, 15) is 4.79 Å². The second-order valence-corrected chi connectivity index (χ2v) is 3.77. The van der Waals surface area contributed by atoms with Crippen LogP contribution in [0, 0.1) is 11.3 Å². The third-order valence-corrected chi connectivity index (χ3v) is 2.17. The van der Waals surface area contributed by atoms with Crippen molar-refractivity contribution in [1.82, 2.24) is 5.32 Å². The summed E-state index contributed by atoms with van der Waals surface area (Å²) < 4.78 is 0. The summed E-state index contributed by atoms with van der Waals surface area (Å²) in [5.74, 6) is -0.224. The third-order valence-electron chi connectivity index (χ3n) is 2.17. The maximum Gasteiger partial charge on any atom is 0.252 e. The SMILES string of the molecule is CC(C#N)NC(=O)c1cccc(N(C)C)c1. The molecular formula is C12H15N3O. The van der Waals surface area contributed by atoms with Gasteiger partial charge in [0.2, 0.25) is 0 Å². The maximum absolute atomic E-state index is 11.7. The van der Waals surface area contributed by atoms with Crippen LogP contribution in [-0.2, 0) is 0 Å². The van der Waals surface area contributed by atoms with Crippen molar-refractivity contribution in [2.45, 2.75) is 13.0 Å². The number of rotatable bonds is 3. The molecule has 1 rings (SSSR count). The molecule has 84 valence electrons. The van der Waals surface area contributed by atoms with Gasteiger partial charge < -0.3 is 10.2 Å². The van der Waals surface area contributed by atoms with E-state index in [2.05, 4.69) is 5.32 Å². The smallest absolute Gasteiger partial charge is 0.252 e. The largest absolute Gasteiger partial charge is 0.378 e. The number of hydrogen-bond acceptors (Lipinski definition) is 3. The van der Waals surface area contributed by atoms with E-state index < -0.39 is 6.04 Å². The standard InChI is InChI=1S/C12H15N3O/c1-9(8-13)14-12(16)10-5-4-6-11(7-10)15(2)3/h4-7,9H,1-3H3,(H,14,16). The molecule has 1 unspecified atom stereocenters. The molecule has 0 heterocycles. The van der Waals surface area contributed by atoms with Crippen LogP contribution in [0.1, 0.15) is 17.3 Å². The van der Waals surface area contributed by atoms with E-state index in [1.807, 2.05) is 37.2 Å². The lowest BCUT2D eigenvalue weighted by molar-refractivity contribution is 0.0948. The summed E-state index contributed by atoms with van der Waals surface area (Å²) in [4.78, 5) is 13.6. The van der Waals surface area contributed by atoms with Crippen molar-refractivity contribution in [2.24, 2.45) is 0 Å². The van der Waals surface area contributed by atoms with Gasteiger partial charge in [0.1, 0.15) is 6.04 Å². The second-order valence-electron chi connectivity index (χ2n) is 3.77. The fourth-order valence-corrected chi connectivity index (χ4v) is 1.24. The highest BCUT2D eigenvalue weighted by Gasteiger charge is 2.09. The second kappa shape index (κ2) is 5.17. The molecule has 1 aromatic carbocycles. The van der Waals surface area contributed by atoms with Gasteiger partial charge in [0.05, 0.1) is 6.07 Å². The maximum atomic E-state index is 11.7. The van der Waals surface area contributed by atoms with Crippen molar-refractivity contribution < 1.29 is 4.79 Å². The van der Waals surface area contributed by atoms with Crippen LogP contribution < -0.4 is 10.2 Å². The van der Waals surface area contributed by atoms with Gasteiger partial charge in [-0.1, -0.05) is 6.07 Å². The van der Waals surface area contributed by atoms with Crippen LogP contribution >= 0.6 is 0 Å². The zero-order valence-corrected chi connectivity index (χ0v) is 9.69. The number of carbonyl (C=O) groups excluding carboxylic acids is 1. The van der Waals surface area contributed by atoms with E-state index in [1.165, 1.54) is 0 Å². The monoisotopic (exact) mass is 217 g/mol. The molecule has 0 fully saturated rings. The number of amides is 1. The van der Waals surface area contributed by atoms with Crippen LogP contribution in [0.2, 0.25) is 0 Å². The van der Waals surface area contributed by atoms with Gasteiger partial charge in [0, 0.05) is 25.3 Å². The van der Waals surface area contributed by atoms with Crippen molar-refractivity contribution >= 4 is 11.6 Å². The molecule has 0 spiro atoms. The quantitative estimate of drug-likeness (QED) is 0.832. The molecule has 4 nitrogen and oxygen atoms in total. The lowest BCUT2D eigenvalue weighted by Crippen LogP contribution is -2.31. The van der Waals surface area contributed by atoms with Crippen molar-refractivity contribution in [1.29, 1.82) is 5.26 Å². The minimum atomic E-state index is -0.476. The van der Waals surface area contributed by atoms with Crippen molar-refractivity contribution in [3.05, 3.63) is 29.8 Å². The van der Waals surface area contributed by atoms with Gasteiger partial charge in [-0.3, -0.25) is 4.79 Å². The van der Waals surface area contributed by atoms with Crippen LogP contribution in [-0.4, -0.2) is 26.0 Å². The number of nitrogens with one attached hydrogen (secondary N) is 1. The van der Waals surface area contributed by atoms with Gasteiger partial charge in [-0.25, -0.2) is 0 Å². The van der Waals surface area contributed by atoms with Gasteiger partial charge in [-0.15, -0.1) is 0 Å². The lowest BCUT2D eigenvalue weighted by atomic mass is 10.1. The Morgan fingerprint density at radius 2 is 2.19 bits per heavy atom. The first-order valence-electron chi connectivity index (χ1n) is 5.02. The van der Waals surface area contributed by atoms with Crippen molar-refractivity contribution in [3.63, 3.8) is 0 Å². The summed E-state index contributed by atoms with van der Waals surface area (Å²) in [6.45, 7) is 1.65. The van der Waals surface area contributed by atoms with Gasteiger partial charge in [0.25, 0.3) is 5.91 Å². The van der Waals surface area contributed by atoms with E-state index in [0.29, 0.717) is 5.56 Å². The number of anilines is 1. The van der Waals surface area contributed by atoms with Crippen LogP contribution in [0.3, 0.4) is 0 Å². The summed E-state index contributed by atoms with van der Waals surface area (Å²) in [5, 5.41) is 11.2. The summed E-state index contributed by atoms with van der Waals surface area (Å²) in [6.07, 6.45) is 0. The first kappa shape index (κ1) is 12.1.